The second-order valence-corrected chi connectivity index (χ2v) is 5.89. The molecule has 0 aliphatic heterocycles. The van der Waals surface area contributed by atoms with Crippen molar-refractivity contribution in [3.63, 3.8) is 0 Å². The molecule has 1 N–H and O–H groups in total. The predicted molar refractivity (Wildman–Crippen MR) is 98.7 cm³/mol. The maximum Gasteiger partial charge on any atom is 0.269 e. The normalized spacial score (nSPS) is 11.6. The molecule has 1 aromatic heterocycles. The highest BCUT2D eigenvalue weighted by atomic mass is 16.6. The number of ether oxygens (including phenoxy) is 1. The number of nitrogens with zero attached hydrogens (tertiary/aromatic N) is 3. The Labute approximate surface area is 155 Å². The molecule has 0 saturated heterocycles. The van der Waals surface area contributed by atoms with E-state index in [4.69, 9.17) is 4.74 Å². The molecular formula is C19H18N4O4. The summed E-state index contributed by atoms with van der Waals surface area (Å²) in [5.74, 6) is 0.118. The van der Waals surface area contributed by atoms with Crippen LogP contribution in [0.1, 0.15) is 18.5 Å². The Morgan fingerprint density at radius 3 is 2.52 bits per heavy atom. The molecule has 138 valence electrons. The van der Waals surface area contributed by atoms with Crippen LogP contribution in [-0.2, 0) is 4.79 Å². The van der Waals surface area contributed by atoms with E-state index in [9.17, 15) is 14.9 Å². The molecule has 0 bridgehead atoms. The van der Waals surface area contributed by atoms with Crippen molar-refractivity contribution in [1.82, 2.24) is 14.9 Å². The fourth-order valence-corrected chi connectivity index (χ4v) is 2.53. The molecule has 1 heterocycles. The van der Waals surface area contributed by atoms with Gasteiger partial charge >= 0.3 is 0 Å². The summed E-state index contributed by atoms with van der Waals surface area (Å²) in [4.78, 5) is 26.2. The van der Waals surface area contributed by atoms with Gasteiger partial charge in [0, 0.05) is 30.2 Å². The maximum absolute atomic E-state index is 12.1. The molecule has 3 rings (SSSR count). The first kappa shape index (κ1) is 18.1. The highest BCUT2D eigenvalue weighted by molar-refractivity contribution is 5.78. The number of hydrogen-bond donors (Lipinski definition) is 1. The quantitative estimate of drug-likeness (QED) is 0.512. The highest BCUT2D eigenvalue weighted by Gasteiger charge is 2.11. The number of carbonyl (C=O) groups is 1. The lowest BCUT2D eigenvalue weighted by atomic mass is 10.1. The van der Waals surface area contributed by atoms with E-state index in [1.54, 1.807) is 12.5 Å². The van der Waals surface area contributed by atoms with Crippen LogP contribution >= 0.6 is 0 Å². The molecule has 8 nitrogen and oxygen atoms in total. The Balaban J connectivity index is 1.52. The standard InChI is InChI=1S/C19H18N4O4/c1-14(15-2-4-16(5-3-15)22-11-10-20-13-22)21-19(24)12-27-18-8-6-17(7-9-18)23(25)26/h2-11,13-14H,12H2,1H3,(H,21,24). The molecule has 1 amide bonds. The Hall–Kier alpha value is -3.68. The molecule has 2 aromatic carbocycles. The minimum absolute atomic E-state index is 0.0282. The van der Waals surface area contributed by atoms with Crippen LogP contribution in [-0.4, -0.2) is 27.0 Å². The van der Waals surface area contributed by atoms with Crippen molar-refractivity contribution in [2.24, 2.45) is 0 Å². The molecule has 0 radical (unpaired) electrons. The second kappa shape index (κ2) is 8.13. The van der Waals surface area contributed by atoms with Crippen molar-refractivity contribution < 1.29 is 14.5 Å². The molecule has 0 aliphatic rings. The maximum atomic E-state index is 12.1. The summed E-state index contributed by atoms with van der Waals surface area (Å²) >= 11 is 0. The third kappa shape index (κ3) is 4.69. The summed E-state index contributed by atoms with van der Waals surface area (Å²) < 4.78 is 7.26. The SMILES string of the molecule is CC(NC(=O)COc1ccc([N+](=O)[O-])cc1)c1ccc(-n2ccnc2)cc1. The number of aromatic nitrogens is 2. The highest BCUT2D eigenvalue weighted by Crippen LogP contribution is 2.18. The van der Waals surface area contributed by atoms with Gasteiger partial charge in [-0.1, -0.05) is 12.1 Å². The van der Waals surface area contributed by atoms with Gasteiger partial charge in [-0.15, -0.1) is 0 Å². The van der Waals surface area contributed by atoms with E-state index in [2.05, 4.69) is 10.3 Å². The van der Waals surface area contributed by atoms with E-state index < -0.39 is 4.92 Å². The number of non-ortho nitro benzene ring substituents is 1. The average Bonchev–Trinajstić information content (AvgIpc) is 3.21. The van der Waals surface area contributed by atoms with Crippen LogP contribution in [0.25, 0.3) is 5.69 Å². The first-order valence-electron chi connectivity index (χ1n) is 8.28. The van der Waals surface area contributed by atoms with Crippen LogP contribution in [0.2, 0.25) is 0 Å². The van der Waals surface area contributed by atoms with Gasteiger partial charge < -0.3 is 14.6 Å². The summed E-state index contributed by atoms with van der Waals surface area (Å²) in [5, 5.41) is 13.5. The summed E-state index contributed by atoms with van der Waals surface area (Å²) in [5.41, 5.74) is 1.92. The molecule has 0 spiro atoms. The average molecular weight is 366 g/mol. The number of imidazole rings is 1. The Bertz CT molecular complexity index is 906. The first-order chi connectivity index (χ1) is 13.0. The molecule has 0 aliphatic carbocycles. The first-order valence-corrected chi connectivity index (χ1v) is 8.28. The van der Waals surface area contributed by atoms with Gasteiger partial charge in [-0.25, -0.2) is 4.98 Å². The van der Waals surface area contributed by atoms with Crippen LogP contribution in [0.15, 0.2) is 67.3 Å². The number of amides is 1. The fraction of sp³-hybridized carbons (Fsp3) is 0.158. The second-order valence-electron chi connectivity index (χ2n) is 5.89. The van der Waals surface area contributed by atoms with E-state index in [0.29, 0.717) is 5.75 Å². The van der Waals surface area contributed by atoms with E-state index in [1.807, 2.05) is 42.0 Å². The van der Waals surface area contributed by atoms with Gasteiger partial charge in [0.25, 0.3) is 11.6 Å². The van der Waals surface area contributed by atoms with Crippen LogP contribution < -0.4 is 10.1 Å². The molecule has 1 unspecified atom stereocenters. The van der Waals surface area contributed by atoms with Crippen LogP contribution in [0.5, 0.6) is 5.75 Å². The lowest BCUT2D eigenvalue weighted by molar-refractivity contribution is -0.384. The summed E-state index contributed by atoms with van der Waals surface area (Å²) in [7, 11) is 0. The summed E-state index contributed by atoms with van der Waals surface area (Å²) in [6.07, 6.45) is 5.28. The minimum atomic E-state index is -0.490. The Kier molecular flexibility index (Phi) is 5.46. The van der Waals surface area contributed by atoms with Gasteiger partial charge in [0.05, 0.1) is 17.3 Å². The molecule has 8 heteroatoms. The lowest BCUT2D eigenvalue weighted by Crippen LogP contribution is -2.31. The zero-order chi connectivity index (χ0) is 19.2. The van der Waals surface area contributed by atoms with Crippen LogP contribution in [0.3, 0.4) is 0 Å². The largest absolute Gasteiger partial charge is 0.484 e. The third-order valence-electron chi connectivity index (χ3n) is 3.99. The minimum Gasteiger partial charge on any atom is -0.484 e. The summed E-state index contributed by atoms with van der Waals surface area (Å²) in [6.45, 7) is 1.71. The van der Waals surface area contributed by atoms with Crippen molar-refractivity contribution in [2.75, 3.05) is 6.61 Å². The number of carbonyl (C=O) groups excluding carboxylic acids is 1. The van der Waals surface area contributed by atoms with Crippen LogP contribution in [0, 0.1) is 10.1 Å². The van der Waals surface area contributed by atoms with E-state index >= 15 is 0 Å². The van der Waals surface area contributed by atoms with Crippen molar-refractivity contribution in [1.29, 1.82) is 0 Å². The predicted octanol–water partition coefficient (Wildman–Crippen LogP) is 3.04. The van der Waals surface area contributed by atoms with Crippen molar-refractivity contribution in [3.05, 3.63) is 82.9 Å². The van der Waals surface area contributed by atoms with Gasteiger partial charge in [-0.05, 0) is 36.8 Å². The van der Waals surface area contributed by atoms with Crippen molar-refractivity contribution in [3.8, 4) is 11.4 Å². The van der Waals surface area contributed by atoms with E-state index in [-0.39, 0.29) is 24.2 Å². The zero-order valence-corrected chi connectivity index (χ0v) is 14.6. The number of nitrogens with one attached hydrogen (secondary N) is 1. The number of hydrogen-bond acceptors (Lipinski definition) is 5. The number of nitro benzene ring substituents is 1. The van der Waals surface area contributed by atoms with Crippen molar-refractivity contribution >= 4 is 11.6 Å². The smallest absolute Gasteiger partial charge is 0.269 e. The lowest BCUT2D eigenvalue weighted by Gasteiger charge is -2.15. The Morgan fingerprint density at radius 1 is 1.22 bits per heavy atom. The van der Waals surface area contributed by atoms with Gasteiger partial charge in [0.1, 0.15) is 5.75 Å². The van der Waals surface area contributed by atoms with Gasteiger partial charge in [-0.2, -0.15) is 0 Å². The number of rotatable bonds is 7. The molecule has 27 heavy (non-hydrogen) atoms. The molecule has 0 saturated carbocycles. The van der Waals surface area contributed by atoms with Gasteiger partial charge in [0.15, 0.2) is 6.61 Å². The van der Waals surface area contributed by atoms with Crippen molar-refractivity contribution in [2.45, 2.75) is 13.0 Å². The van der Waals surface area contributed by atoms with E-state index in [1.165, 1.54) is 24.3 Å². The fourth-order valence-electron chi connectivity index (χ4n) is 2.53. The molecule has 1 atom stereocenters. The van der Waals surface area contributed by atoms with Gasteiger partial charge in [-0.3, -0.25) is 14.9 Å². The molecule has 3 aromatic rings. The third-order valence-corrected chi connectivity index (χ3v) is 3.99. The number of nitro groups is 1. The van der Waals surface area contributed by atoms with Crippen LogP contribution in [0.4, 0.5) is 5.69 Å². The number of benzene rings is 2. The molecular weight excluding hydrogens is 348 g/mol. The van der Waals surface area contributed by atoms with Gasteiger partial charge in [0.2, 0.25) is 0 Å². The zero-order valence-electron chi connectivity index (χ0n) is 14.6. The summed E-state index contributed by atoms with van der Waals surface area (Å²) in [6, 6.07) is 13.2. The topological polar surface area (TPSA) is 99.3 Å². The Morgan fingerprint density at radius 2 is 1.93 bits per heavy atom. The monoisotopic (exact) mass is 366 g/mol. The van der Waals surface area contributed by atoms with E-state index in [0.717, 1.165) is 11.3 Å². The molecule has 0 fully saturated rings.